The Labute approximate surface area is 103 Å². The summed E-state index contributed by atoms with van der Waals surface area (Å²) in [5, 5.41) is 2.63. The van der Waals surface area contributed by atoms with E-state index in [1.807, 2.05) is 13.8 Å². The average molecular weight is 241 g/mol. The summed E-state index contributed by atoms with van der Waals surface area (Å²) in [7, 11) is 0. The van der Waals surface area contributed by atoms with Crippen LogP contribution in [-0.2, 0) is 9.59 Å². The highest BCUT2D eigenvalue weighted by atomic mass is 16.2. The van der Waals surface area contributed by atoms with E-state index in [4.69, 9.17) is 5.73 Å². The quantitative estimate of drug-likeness (QED) is 0.663. The van der Waals surface area contributed by atoms with Crippen LogP contribution in [0.1, 0.15) is 33.1 Å². The maximum absolute atomic E-state index is 11.6. The lowest BCUT2D eigenvalue weighted by atomic mass is 10.1. The van der Waals surface area contributed by atoms with E-state index in [0.29, 0.717) is 25.4 Å². The number of hydrogen-bond donors (Lipinski definition) is 2. The van der Waals surface area contributed by atoms with Gasteiger partial charge in [-0.25, -0.2) is 0 Å². The summed E-state index contributed by atoms with van der Waals surface area (Å²) in [6.45, 7) is 5.27. The van der Waals surface area contributed by atoms with Crippen molar-refractivity contribution >= 4 is 11.8 Å². The molecule has 0 saturated heterocycles. The Balaban J connectivity index is 2.20. The number of carbonyl (C=O) groups excluding carboxylic acids is 2. The molecule has 1 atom stereocenters. The summed E-state index contributed by atoms with van der Waals surface area (Å²) in [4.78, 5) is 24.8. The first-order valence-electron chi connectivity index (χ1n) is 6.38. The largest absolute Gasteiger partial charge is 0.347 e. The molecule has 98 valence electrons. The van der Waals surface area contributed by atoms with Crippen LogP contribution in [0, 0.1) is 5.92 Å². The SMILES string of the molecule is CCN(CC)C(=O)CNC(=O)CC(N)C1CC1. The third-order valence-electron chi connectivity index (χ3n) is 3.20. The molecule has 1 aliphatic rings. The van der Waals surface area contributed by atoms with Crippen molar-refractivity contribution in [2.24, 2.45) is 11.7 Å². The highest BCUT2D eigenvalue weighted by Gasteiger charge is 2.29. The van der Waals surface area contributed by atoms with Crippen molar-refractivity contribution in [1.29, 1.82) is 0 Å². The Morgan fingerprint density at radius 1 is 1.35 bits per heavy atom. The molecular formula is C12H23N3O2. The van der Waals surface area contributed by atoms with Gasteiger partial charge in [-0.05, 0) is 32.6 Å². The van der Waals surface area contributed by atoms with Gasteiger partial charge in [-0.15, -0.1) is 0 Å². The van der Waals surface area contributed by atoms with Crippen LogP contribution >= 0.6 is 0 Å². The number of carbonyl (C=O) groups is 2. The monoisotopic (exact) mass is 241 g/mol. The zero-order valence-electron chi connectivity index (χ0n) is 10.7. The van der Waals surface area contributed by atoms with Gasteiger partial charge in [0, 0.05) is 25.6 Å². The Kier molecular flexibility index (Phi) is 5.41. The summed E-state index contributed by atoms with van der Waals surface area (Å²) in [6.07, 6.45) is 2.59. The molecule has 0 heterocycles. The fourth-order valence-corrected chi connectivity index (χ4v) is 1.84. The molecule has 0 aromatic carbocycles. The fraction of sp³-hybridized carbons (Fsp3) is 0.833. The molecule has 0 aromatic rings. The van der Waals surface area contributed by atoms with Crippen LogP contribution in [0.3, 0.4) is 0 Å². The maximum Gasteiger partial charge on any atom is 0.241 e. The van der Waals surface area contributed by atoms with E-state index in [-0.39, 0.29) is 24.4 Å². The van der Waals surface area contributed by atoms with Crippen LogP contribution in [0.4, 0.5) is 0 Å². The second-order valence-corrected chi connectivity index (χ2v) is 4.55. The van der Waals surface area contributed by atoms with Gasteiger partial charge < -0.3 is 16.0 Å². The second-order valence-electron chi connectivity index (χ2n) is 4.55. The van der Waals surface area contributed by atoms with Crippen LogP contribution < -0.4 is 11.1 Å². The summed E-state index contributed by atoms with van der Waals surface area (Å²) in [6, 6.07) is -0.0430. The van der Waals surface area contributed by atoms with Gasteiger partial charge in [0.25, 0.3) is 0 Å². The molecule has 0 bridgehead atoms. The van der Waals surface area contributed by atoms with Crippen LogP contribution in [-0.4, -0.2) is 42.4 Å². The molecule has 17 heavy (non-hydrogen) atoms. The van der Waals surface area contributed by atoms with Gasteiger partial charge in [-0.1, -0.05) is 0 Å². The van der Waals surface area contributed by atoms with Crippen molar-refractivity contribution < 1.29 is 9.59 Å². The summed E-state index contributed by atoms with van der Waals surface area (Å²) in [5.74, 6) is 0.354. The first-order chi connectivity index (χ1) is 8.08. The number of rotatable bonds is 7. The van der Waals surface area contributed by atoms with Gasteiger partial charge in [0.2, 0.25) is 11.8 Å². The van der Waals surface area contributed by atoms with Crippen molar-refractivity contribution in [3.05, 3.63) is 0 Å². The van der Waals surface area contributed by atoms with Gasteiger partial charge in [-0.2, -0.15) is 0 Å². The van der Waals surface area contributed by atoms with Crippen LogP contribution in [0.25, 0.3) is 0 Å². The van der Waals surface area contributed by atoms with E-state index >= 15 is 0 Å². The summed E-state index contributed by atoms with van der Waals surface area (Å²) in [5.41, 5.74) is 5.84. The Morgan fingerprint density at radius 2 is 1.94 bits per heavy atom. The van der Waals surface area contributed by atoms with Crippen LogP contribution in [0.15, 0.2) is 0 Å². The minimum Gasteiger partial charge on any atom is -0.347 e. The molecule has 0 aromatic heterocycles. The topological polar surface area (TPSA) is 75.4 Å². The number of nitrogens with two attached hydrogens (primary N) is 1. The second kappa shape index (κ2) is 6.59. The number of nitrogens with zero attached hydrogens (tertiary/aromatic N) is 1. The fourth-order valence-electron chi connectivity index (χ4n) is 1.84. The minimum atomic E-state index is -0.120. The zero-order chi connectivity index (χ0) is 12.8. The molecule has 5 heteroatoms. The van der Waals surface area contributed by atoms with Crippen molar-refractivity contribution in [3.63, 3.8) is 0 Å². The van der Waals surface area contributed by atoms with Gasteiger partial charge >= 0.3 is 0 Å². The normalized spacial score (nSPS) is 16.4. The molecule has 2 amide bonds. The number of hydrogen-bond acceptors (Lipinski definition) is 3. The average Bonchev–Trinajstić information content (AvgIpc) is 3.11. The smallest absolute Gasteiger partial charge is 0.241 e. The van der Waals surface area contributed by atoms with Gasteiger partial charge in [-0.3, -0.25) is 9.59 Å². The van der Waals surface area contributed by atoms with Crippen molar-refractivity contribution in [2.75, 3.05) is 19.6 Å². The van der Waals surface area contributed by atoms with Crippen LogP contribution in [0.5, 0.6) is 0 Å². The lowest BCUT2D eigenvalue weighted by molar-refractivity contribution is -0.132. The van der Waals surface area contributed by atoms with E-state index in [2.05, 4.69) is 5.32 Å². The predicted octanol–water partition coefficient (Wildman–Crippen LogP) is 0.0984. The van der Waals surface area contributed by atoms with Gasteiger partial charge in [0.15, 0.2) is 0 Å². The van der Waals surface area contributed by atoms with Gasteiger partial charge in [0.05, 0.1) is 6.54 Å². The molecular weight excluding hydrogens is 218 g/mol. The molecule has 1 rings (SSSR count). The number of amides is 2. The Bertz CT molecular complexity index is 273. The Morgan fingerprint density at radius 3 is 2.41 bits per heavy atom. The molecule has 3 N–H and O–H groups in total. The molecule has 0 radical (unpaired) electrons. The zero-order valence-corrected chi connectivity index (χ0v) is 10.7. The third-order valence-corrected chi connectivity index (χ3v) is 3.20. The highest BCUT2D eigenvalue weighted by Crippen LogP contribution is 2.32. The number of nitrogens with one attached hydrogen (secondary N) is 1. The van der Waals surface area contributed by atoms with Gasteiger partial charge in [0.1, 0.15) is 0 Å². The Hall–Kier alpha value is -1.10. The van der Waals surface area contributed by atoms with Crippen molar-refractivity contribution in [2.45, 2.75) is 39.2 Å². The highest BCUT2D eigenvalue weighted by molar-refractivity contribution is 5.84. The third kappa shape index (κ3) is 4.73. The van der Waals surface area contributed by atoms with Crippen LogP contribution in [0.2, 0.25) is 0 Å². The molecule has 1 fully saturated rings. The first kappa shape index (κ1) is 14.0. The van der Waals surface area contributed by atoms with E-state index in [9.17, 15) is 9.59 Å². The summed E-state index contributed by atoms with van der Waals surface area (Å²) < 4.78 is 0. The lowest BCUT2D eigenvalue weighted by Crippen LogP contribution is -2.41. The molecule has 0 spiro atoms. The predicted molar refractivity (Wildman–Crippen MR) is 66.3 cm³/mol. The van der Waals surface area contributed by atoms with E-state index in [1.54, 1.807) is 4.90 Å². The first-order valence-corrected chi connectivity index (χ1v) is 6.38. The van der Waals surface area contributed by atoms with E-state index in [1.165, 1.54) is 0 Å². The van der Waals surface area contributed by atoms with E-state index in [0.717, 1.165) is 12.8 Å². The molecule has 0 aliphatic heterocycles. The number of likely N-dealkylation sites (N-methyl/N-ethyl adjacent to an activating group) is 1. The summed E-state index contributed by atoms with van der Waals surface area (Å²) >= 11 is 0. The molecule has 1 saturated carbocycles. The minimum absolute atomic E-state index is 0.0386. The maximum atomic E-state index is 11.6. The van der Waals surface area contributed by atoms with Crippen molar-refractivity contribution in [3.8, 4) is 0 Å². The molecule has 1 unspecified atom stereocenters. The molecule has 5 nitrogen and oxygen atoms in total. The van der Waals surface area contributed by atoms with Crippen molar-refractivity contribution in [1.82, 2.24) is 10.2 Å². The lowest BCUT2D eigenvalue weighted by Gasteiger charge is -2.19. The van der Waals surface area contributed by atoms with E-state index < -0.39 is 0 Å². The standard InChI is InChI=1S/C12H23N3O2/c1-3-15(4-2)12(17)8-14-11(16)7-10(13)9-5-6-9/h9-10H,3-8,13H2,1-2H3,(H,14,16). The molecule has 1 aliphatic carbocycles.